The molecule has 2 aromatic rings. The average Bonchev–Trinajstić information content (AvgIpc) is 2.98. The Morgan fingerprint density at radius 3 is 2.61 bits per heavy atom. The van der Waals surface area contributed by atoms with Gasteiger partial charge < -0.3 is 19.7 Å². The Morgan fingerprint density at radius 1 is 1.14 bits per heavy atom. The van der Waals surface area contributed by atoms with Crippen molar-refractivity contribution in [1.82, 2.24) is 10.2 Å². The number of rotatable bonds is 7. The van der Waals surface area contributed by atoms with E-state index in [2.05, 4.69) is 5.32 Å². The highest BCUT2D eigenvalue weighted by molar-refractivity contribution is 8.00. The fourth-order valence-corrected chi connectivity index (χ4v) is 5.37. The normalized spacial score (nSPS) is 20.5. The van der Waals surface area contributed by atoms with Gasteiger partial charge in [-0.15, -0.1) is 11.8 Å². The molecule has 3 atom stereocenters. The van der Waals surface area contributed by atoms with E-state index in [9.17, 15) is 14.4 Å². The van der Waals surface area contributed by atoms with Crippen LogP contribution in [0.15, 0.2) is 54.6 Å². The van der Waals surface area contributed by atoms with Gasteiger partial charge in [0.2, 0.25) is 11.8 Å². The van der Waals surface area contributed by atoms with E-state index >= 15 is 0 Å². The standard InChI is InChI=1S/C28H34N2O5S/c1-28(2,3)27(33)35-18-36-24(15-19-9-5-4-6-10-19)25(31)29-22-16-20-11-7-8-12-21(20)23-17-34-14-13-30(23)26(22)32/h4-12,22-24H,13-18H2,1-3H3,(H,29,31)/t22?,23?,24-/m1/s1. The highest BCUT2D eigenvalue weighted by Gasteiger charge is 2.39. The number of hydrogen-bond acceptors (Lipinski definition) is 6. The molecule has 2 aliphatic rings. The Balaban J connectivity index is 1.51. The van der Waals surface area contributed by atoms with Crippen molar-refractivity contribution in [1.29, 1.82) is 0 Å². The minimum Gasteiger partial charge on any atom is -0.454 e. The first-order valence-corrected chi connectivity index (χ1v) is 13.4. The van der Waals surface area contributed by atoms with Gasteiger partial charge in [0.25, 0.3) is 0 Å². The third-order valence-corrected chi connectivity index (χ3v) is 7.53. The van der Waals surface area contributed by atoms with Crippen LogP contribution in [0.1, 0.15) is 43.5 Å². The van der Waals surface area contributed by atoms with Crippen LogP contribution in [0.3, 0.4) is 0 Å². The second-order valence-electron chi connectivity index (χ2n) is 10.2. The zero-order valence-electron chi connectivity index (χ0n) is 21.1. The molecule has 0 aromatic heterocycles. The van der Waals surface area contributed by atoms with E-state index in [1.165, 1.54) is 11.8 Å². The largest absolute Gasteiger partial charge is 0.454 e. The van der Waals surface area contributed by atoms with E-state index in [1.807, 2.05) is 59.5 Å². The fourth-order valence-electron chi connectivity index (χ4n) is 4.50. The highest BCUT2D eigenvalue weighted by Crippen LogP contribution is 2.32. The summed E-state index contributed by atoms with van der Waals surface area (Å²) in [7, 11) is 0. The van der Waals surface area contributed by atoms with Gasteiger partial charge in [0.1, 0.15) is 12.0 Å². The maximum absolute atomic E-state index is 13.6. The lowest BCUT2D eigenvalue weighted by Gasteiger charge is -2.36. The Hall–Kier alpha value is -2.84. The second-order valence-corrected chi connectivity index (χ2v) is 11.4. The summed E-state index contributed by atoms with van der Waals surface area (Å²) in [5.41, 5.74) is 2.50. The lowest BCUT2D eigenvalue weighted by molar-refractivity contribution is -0.150. The highest BCUT2D eigenvalue weighted by atomic mass is 32.2. The first kappa shape index (κ1) is 26.2. The van der Waals surface area contributed by atoms with E-state index in [-0.39, 0.29) is 29.8 Å². The van der Waals surface area contributed by atoms with Crippen molar-refractivity contribution < 1.29 is 23.9 Å². The van der Waals surface area contributed by atoms with E-state index < -0.39 is 16.7 Å². The third-order valence-electron chi connectivity index (χ3n) is 6.49. The van der Waals surface area contributed by atoms with E-state index in [0.29, 0.717) is 32.6 Å². The molecule has 8 heteroatoms. The van der Waals surface area contributed by atoms with Crippen molar-refractivity contribution in [3.63, 3.8) is 0 Å². The Labute approximate surface area is 216 Å². The Bertz CT molecular complexity index is 1080. The van der Waals surface area contributed by atoms with Gasteiger partial charge in [-0.1, -0.05) is 54.6 Å². The first-order chi connectivity index (χ1) is 17.2. The van der Waals surface area contributed by atoms with Gasteiger partial charge in [-0.2, -0.15) is 0 Å². The Kier molecular flexibility index (Phi) is 8.36. The number of morpholine rings is 1. The first-order valence-electron chi connectivity index (χ1n) is 12.3. The number of amides is 2. The van der Waals surface area contributed by atoms with Gasteiger partial charge in [0.15, 0.2) is 0 Å². The third kappa shape index (κ3) is 6.28. The molecule has 0 aliphatic carbocycles. The molecule has 1 N–H and O–H groups in total. The van der Waals surface area contributed by atoms with Crippen molar-refractivity contribution in [3.8, 4) is 0 Å². The molecule has 0 saturated carbocycles. The zero-order chi connectivity index (χ0) is 25.7. The van der Waals surface area contributed by atoms with Crippen LogP contribution in [0.2, 0.25) is 0 Å². The number of ether oxygens (including phenoxy) is 2. The molecule has 0 radical (unpaired) electrons. The lowest BCUT2D eigenvalue weighted by Crippen LogP contribution is -2.53. The summed E-state index contributed by atoms with van der Waals surface area (Å²) in [6.07, 6.45) is 0.886. The maximum Gasteiger partial charge on any atom is 0.312 e. The minimum absolute atomic E-state index is 0.0635. The van der Waals surface area contributed by atoms with Crippen LogP contribution in [0.5, 0.6) is 0 Å². The van der Waals surface area contributed by atoms with Crippen molar-refractivity contribution in [3.05, 3.63) is 71.3 Å². The van der Waals surface area contributed by atoms with Gasteiger partial charge in [0, 0.05) is 13.0 Å². The molecule has 4 rings (SSSR count). The number of carbonyl (C=O) groups excluding carboxylic acids is 3. The number of nitrogens with zero attached hydrogens (tertiary/aromatic N) is 1. The summed E-state index contributed by atoms with van der Waals surface area (Å²) in [6, 6.07) is 16.9. The molecule has 1 saturated heterocycles. The predicted octanol–water partition coefficient (Wildman–Crippen LogP) is 3.52. The molecule has 192 valence electrons. The predicted molar refractivity (Wildman–Crippen MR) is 139 cm³/mol. The van der Waals surface area contributed by atoms with Crippen molar-refractivity contribution in [2.45, 2.75) is 50.9 Å². The second kappa shape index (κ2) is 11.5. The van der Waals surface area contributed by atoms with Gasteiger partial charge in [-0.3, -0.25) is 14.4 Å². The van der Waals surface area contributed by atoms with Crippen molar-refractivity contribution in [2.24, 2.45) is 5.41 Å². The monoisotopic (exact) mass is 510 g/mol. The number of thioether (sulfide) groups is 1. The van der Waals surface area contributed by atoms with Crippen LogP contribution in [0, 0.1) is 5.41 Å². The topological polar surface area (TPSA) is 84.9 Å². The van der Waals surface area contributed by atoms with Crippen molar-refractivity contribution in [2.75, 3.05) is 25.7 Å². The number of benzene rings is 2. The summed E-state index contributed by atoms with van der Waals surface area (Å²) in [6.45, 7) is 6.81. The van der Waals surface area contributed by atoms with Gasteiger partial charge in [0.05, 0.1) is 29.9 Å². The molecule has 0 spiro atoms. The molecule has 7 nitrogen and oxygen atoms in total. The maximum atomic E-state index is 13.6. The van der Waals surface area contributed by atoms with Crippen LogP contribution in [-0.2, 0) is 36.7 Å². The molecular formula is C28H34N2O5S. The van der Waals surface area contributed by atoms with Crippen LogP contribution >= 0.6 is 11.8 Å². The number of fused-ring (bicyclic) bond motifs is 3. The minimum atomic E-state index is -0.669. The molecule has 2 aromatic carbocycles. The number of nitrogens with one attached hydrogen (secondary N) is 1. The summed E-state index contributed by atoms with van der Waals surface area (Å²) in [4.78, 5) is 41.2. The van der Waals surface area contributed by atoms with Crippen molar-refractivity contribution >= 4 is 29.5 Å². The van der Waals surface area contributed by atoms with Crippen LogP contribution in [0.25, 0.3) is 0 Å². The average molecular weight is 511 g/mol. The summed E-state index contributed by atoms with van der Waals surface area (Å²) < 4.78 is 11.1. The molecule has 0 bridgehead atoms. The van der Waals surface area contributed by atoms with Crippen LogP contribution < -0.4 is 5.32 Å². The van der Waals surface area contributed by atoms with E-state index in [4.69, 9.17) is 9.47 Å². The summed E-state index contributed by atoms with van der Waals surface area (Å²) in [5.74, 6) is -0.579. The SMILES string of the molecule is CC(C)(C)C(=O)OCS[C@H](Cc1ccccc1)C(=O)NC1Cc2ccccc2C2COCCN2C1=O. The Morgan fingerprint density at radius 2 is 1.86 bits per heavy atom. The zero-order valence-corrected chi connectivity index (χ0v) is 21.9. The smallest absolute Gasteiger partial charge is 0.312 e. The molecule has 2 unspecified atom stereocenters. The van der Waals surface area contributed by atoms with E-state index in [0.717, 1.165) is 16.7 Å². The molecule has 1 fully saturated rings. The summed E-state index contributed by atoms with van der Waals surface area (Å²) in [5, 5.41) is 2.52. The quantitative estimate of drug-likeness (QED) is 0.453. The molecule has 2 heterocycles. The van der Waals surface area contributed by atoms with Gasteiger partial charge in [-0.05, 0) is 43.9 Å². The molecule has 2 amide bonds. The molecular weight excluding hydrogens is 476 g/mol. The fraction of sp³-hybridized carbons (Fsp3) is 0.464. The number of hydrogen-bond donors (Lipinski definition) is 1. The van der Waals surface area contributed by atoms with Gasteiger partial charge >= 0.3 is 5.97 Å². The van der Waals surface area contributed by atoms with E-state index in [1.54, 1.807) is 20.8 Å². The van der Waals surface area contributed by atoms with Gasteiger partial charge in [-0.25, -0.2) is 0 Å². The number of esters is 1. The number of carbonyl (C=O) groups is 3. The summed E-state index contributed by atoms with van der Waals surface area (Å²) >= 11 is 1.27. The molecule has 2 aliphatic heterocycles. The molecule has 36 heavy (non-hydrogen) atoms. The van der Waals surface area contributed by atoms with Crippen LogP contribution in [-0.4, -0.2) is 59.7 Å². The van der Waals surface area contributed by atoms with Crippen LogP contribution in [0.4, 0.5) is 0 Å². The lowest BCUT2D eigenvalue weighted by atomic mass is 9.97.